The second-order valence-corrected chi connectivity index (χ2v) is 5.39. The SMILES string of the molecule is CN1CCC2CCC(OC(=O)C3CC3)=CC21. The van der Waals surface area contributed by atoms with Crippen LogP contribution in [0.2, 0.25) is 0 Å². The van der Waals surface area contributed by atoms with Crippen molar-refractivity contribution in [3.63, 3.8) is 0 Å². The van der Waals surface area contributed by atoms with Gasteiger partial charge in [0.2, 0.25) is 0 Å². The first kappa shape index (κ1) is 10.3. The van der Waals surface area contributed by atoms with Crippen LogP contribution in [-0.4, -0.2) is 30.5 Å². The number of allylic oxidation sites excluding steroid dienone is 1. The third-order valence-corrected chi connectivity index (χ3v) is 4.11. The molecule has 3 rings (SSSR count). The van der Waals surface area contributed by atoms with Gasteiger partial charge in [0.1, 0.15) is 5.76 Å². The molecule has 3 heteroatoms. The fourth-order valence-corrected chi connectivity index (χ4v) is 2.85. The number of carbonyl (C=O) groups excluding carboxylic acids is 1. The maximum Gasteiger partial charge on any atom is 0.313 e. The maximum atomic E-state index is 11.6. The van der Waals surface area contributed by atoms with Gasteiger partial charge in [0.05, 0.1) is 5.92 Å². The van der Waals surface area contributed by atoms with Crippen LogP contribution >= 0.6 is 0 Å². The number of fused-ring (bicyclic) bond motifs is 1. The predicted octanol–water partition coefficient (Wildman–Crippen LogP) is 1.94. The van der Waals surface area contributed by atoms with Gasteiger partial charge in [0, 0.05) is 12.5 Å². The molecule has 88 valence electrons. The average Bonchev–Trinajstić information content (AvgIpc) is 3.06. The second-order valence-electron chi connectivity index (χ2n) is 5.39. The number of hydrogen-bond acceptors (Lipinski definition) is 3. The molecule has 0 aromatic rings. The zero-order chi connectivity index (χ0) is 11.1. The Hall–Kier alpha value is -0.830. The molecule has 16 heavy (non-hydrogen) atoms. The molecule has 1 saturated heterocycles. The zero-order valence-corrected chi connectivity index (χ0v) is 9.82. The Kier molecular flexibility index (Phi) is 2.51. The quantitative estimate of drug-likeness (QED) is 0.667. The summed E-state index contributed by atoms with van der Waals surface area (Å²) < 4.78 is 5.47. The normalized spacial score (nSPS) is 34.4. The molecular formula is C13H19NO2. The van der Waals surface area contributed by atoms with Gasteiger partial charge < -0.3 is 4.74 Å². The van der Waals surface area contributed by atoms with E-state index >= 15 is 0 Å². The predicted molar refractivity (Wildman–Crippen MR) is 60.7 cm³/mol. The van der Waals surface area contributed by atoms with Gasteiger partial charge in [-0.25, -0.2) is 0 Å². The monoisotopic (exact) mass is 221 g/mol. The van der Waals surface area contributed by atoms with Crippen LogP contribution in [-0.2, 0) is 9.53 Å². The standard InChI is InChI=1S/C13H19NO2/c1-14-7-6-9-4-5-11(8-12(9)14)16-13(15)10-2-3-10/h8-10,12H,2-7H2,1H3. The van der Waals surface area contributed by atoms with E-state index in [0.717, 1.165) is 30.9 Å². The Morgan fingerprint density at radius 1 is 1.38 bits per heavy atom. The first-order valence-corrected chi connectivity index (χ1v) is 6.36. The zero-order valence-electron chi connectivity index (χ0n) is 9.82. The molecule has 1 saturated carbocycles. The highest BCUT2D eigenvalue weighted by Crippen LogP contribution is 2.36. The van der Waals surface area contributed by atoms with E-state index in [4.69, 9.17) is 4.74 Å². The summed E-state index contributed by atoms with van der Waals surface area (Å²) >= 11 is 0. The van der Waals surface area contributed by atoms with E-state index < -0.39 is 0 Å². The van der Waals surface area contributed by atoms with Crippen molar-refractivity contribution in [2.75, 3.05) is 13.6 Å². The van der Waals surface area contributed by atoms with Crippen LogP contribution in [0.4, 0.5) is 0 Å². The molecule has 0 amide bonds. The molecule has 0 spiro atoms. The summed E-state index contributed by atoms with van der Waals surface area (Å²) in [6, 6.07) is 0.510. The van der Waals surface area contributed by atoms with E-state index in [1.807, 2.05) is 0 Å². The van der Waals surface area contributed by atoms with Crippen molar-refractivity contribution in [2.45, 2.75) is 38.1 Å². The van der Waals surface area contributed by atoms with Crippen molar-refractivity contribution in [3.05, 3.63) is 11.8 Å². The molecule has 2 atom stereocenters. The molecule has 0 radical (unpaired) electrons. The maximum absolute atomic E-state index is 11.6. The summed E-state index contributed by atoms with van der Waals surface area (Å²) in [6.07, 6.45) is 7.66. The molecule has 0 N–H and O–H groups in total. The minimum atomic E-state index is 0.00495. The fraction of sp³-hybridized carbons (Fsp3) is 0.769. The third-order valence-electron chi connectivity index (χ3n) is 4.11. The number of rotatable bonds is 2. The number of likely N-dealkylation sites (tertiary alicyclic amines) is 1. The third kappa shape index (κ3) is 1.88. The largest absolute Gasteiger partial charge is 0.431 e. The summed E-state index contributed by atoms with van der Waals surface area (Å²) in [5.74, 6) is 1.92. The van der Waals surface area contributed by atoms with Gasteiger partial charge in [-0.3, -0.25) is 9.69 Å². The Morgan fingerprint density at radius 2 is 2.19 bits per heavy atom. The van der Waals surface area contributed by atoms with Gasteiger partial charge in [-0.15, -0.1) is 0 Å². The molecule has 3 nitrogen and oxygen atoms in total. The van der Waals surface area contributed by atoms with Crippen molar-refractivity contribution < 1.29 is 9.53 Å². The van der Waals surface area contributed by atoms with E-state index in [-0.39, 0.29) is 11.9 Å². The average molecular weight is 221 g/mol. The lowest BCUT2D eigenvalue weighted by atomic mass is 9.89. The van der Waals surface area contributed by atoms with E-state index in [2.05, 4.69) is 18.0 Å². The summed E-state index contributed by atoms with van der Waals surface area (Å²) in [5, 5.41) is 0. The molecule has 3 aliphatic rings. The van der Waals surface area contributed by atoms with Crippen LogP contribution in [0.1, 0.15) is 32.1 Å². The Balaban J connectivity index is 1.66. The molecule has 0 bridgehead atoms. The van der Waals surface area contributed by atoms with Gasteiger partial charge >= 0.3 is 5.97 Å². The lowest BCUT2D eigenvalue weighted by Crippen LogP contribution is -2.30. The summed E-state index contributed by atoms with van der Waals surface area (Å²) in [6.45, 7) is 1.18. The van der Waals surface area contributed by atoms with Crippen LogP contribution in [0.3, 0.4) is 0 Å². The van der Waals surface area contributed by atoms with E-state index in [1.54, 1.807) is 0 Å². The van der Waals surface area contributed by atoms with Crippen molar-refractivity contribution in [1.29, 1.82) is 0 Å². The first-order valence-electron chi connectivity index (χ1n) is 6.36. The number of esters is 1. The molecular weight excluding hydrogens is 202 g/mol. The van der Waals surface area contributed by atoms with Crippen molar-refractivity contribution in [1.82, 2.24) is 4.90 Å². The molecule has 2 fully saturated rings. The highest BCUT2D eigenvalue weighted by molar-refractivity contribution is 5.75. The van der Waals surface area contributed by atoms with Crippen molar-refractivity contribution >= 4 is 5.97 Å². The Labute approximate surface area is 96.4 Å². The minimum absolute atomic E-state index is 0.00495. The lowest BCUT2D eigenvalue weighted by molar-refractivity contribution is -0.141. The van der Waals surface area contributed by atoms with Crippen LogP contribution < -0.4 is 0 Å². The second kappa shape index (κ2) is 3.88. The van der Waals surface area contributed by atoms with Gasteiger partial charge in [-0.1, -0.05) is 0 Å². The molecule has 2 aliphatic carbocycles. The van der Waals surface area contributed by atoms with Gasteiger partial charge in [0.15, 0.2) is 0 Å². The highest BCUT2D eigenvalue weighted by Gasteiger charge is 2.36. The van der Waals surface area contributed by atoms with E-state index in [9.17, 15) is 4.79 Å². The fourth-order valence-electron chi connectivity index (χ4n) is 2.85. The summed E-state index contributed by atoms with van der Waals surface area (Å²) in [5.41, 5.74) is 0. The number of carbonyl (C=O) groups is 1. The Bertz CT molecular complexity index is 333. The van der Waals surface area contributed by atoms with Crippen LogP contribution in [0.5, 0.6) is 0 Å². The number of ether oxygens (including phenoxy) is 1. The summed E-state index contributed by atoms with van der Waals surface area (Å²) in [4.78, 5) is 13.9. The minimum Gasteiger partial charge on any atom is -0.431 e. The van der Waals surface area contributed by atoms with Gasteiger partial charge in [-0.2, -0.15) is 0 Å². The molecule has 1 aliphatic heterocycles. The molecule has 1 heterocycles. The molecule has 0 aromatic heterocycles. The number of likely N-dealkylation sites (N-methyl/N-ethyl adjacent to an activating group) is 1. The van der Waals surface area contributed by atoms with Gasteiger partial charge in [0.25, 0.3) is 0 Å². The topological polar surface area (TPSA) is 29.5 Å². The smallest absolute Gasteiger partial charge is 0.313 e. The number of nitrogens with zero attached hydrogens (tertiary/aromatic N) is 1. The lowest BCUT2D eigenvalue weighted by Gasteiger charge is -2.27. The van der Waals surface area contributed by atoms with Crippen LogP contribution in [0, 0.1) is 11.8 Å². The van der Waals surface area contributed by atoms with Crippen LogP contribution in [0.25, 0.3) is 0 Å². The van der Waals surface area contributed by atoms with E-state index in [1.165, 1.54) is 19.4 Å². The Morgan fingerprint density at radius 3 is 2.94 bits per heavy atom. The molecule has 2 unspecified atom stereocenters. The first-order chi connectivity index (χ1) is 7.74. The van der Waals surface area contributed by atoms with Gasteiger partial charge in [-0.05, 0) is 51.3 Å². The van der Waals surface area contributed by atoms with Crippen LogP contribution in [0.15, 0.2) is 11.8 Å². The number of hydrogen-bond donors (Lipinski definition) is 0. The van der Waals surface area contributed by atoms with Crippen molar-refractivity contribution in [3.8, 4) is 0 Å². The highest BCUT2D eigenvalue weighted by atomic mass is 16.5. The van der Waals surface area contributed by atoms with Crippen molar-refractivity contribution in [2.24, 2.45) is 11.8 Å². The summed E-state index contributed by atoms with van der Waals surface area (Å²) in [7, 11) is 2.16. The van der Waals surface area contributed by atoms with E-state index in [0.29, 0.717) is 6.04 Å². The molecule has 0 aromatic carbocycles.